The topological polar surface area (TPSA) is 67.2 Å². The normalized spacial score (nSPS) is 13.9. The zero-order valence-corrected chi connectivity index (χ0v) is 11.4. The molecule has 0 atom stereocenters. The summed E-state index contributed by atoms with van der Waals surface area (Å²) in [6, 6.07) is 9.05. The van der Waals surface area contributed by atoms with Crippen LogP contribution in [0.25, 0.3) is 5.57 Å². The van der Waals surface area contributed by atoms with E-state index in [0.717, 1.165) is 23.5 Å². The number of nitrogens with one attached hydrogen (secondary N) is 1. The molecule has 1 aliphatic rings. The molecule has 0 saturated carbocycles. The summed E-state index contributed by atoms with van der Waals surface area (Å²) < 4.78 is 0. The molecule has 0 spiro atoms. The maximum atomic E-state index is 12.0. The van der Waals surface area contributed by atoms with Crippen LogP contribution in [-0.4, -0.2) is 28.9 Å². The molecular weight excluding hydrogens is 272 g/mol. The smallest absolute Gasteiger partial charge is 0.257 e. The van der Waals surface area contributed by atoms with Crippen LogP contribution in [-0.2, 0) is 0 Å². The van der Waals surface area contributed by atoms with Crippen molar-refractivity contribution in [2.45, 2.75) is 6.42 Å². The number of benzene rings is 1. The minimum absolute atomic E-state index is 0.174. The number of amides is 1. The van der Waals surface area contributed by atoms with E-state index in [1.165, 1.54) is 11.3 Å². The molecule has 0 unspecified atom stereocenters. The van der Waals surface area contributed by atoms with Crippen LogP contribution in [0.1, 0.15) is 21.8 Å². The number of dihydropyridines is 1. The largest absolute Gasteiger partial charge is 0.296 e. The lowest BCUT2D eigenvalue weighted by molar-refractivity contribution is 0.102. The quantitative estimate of drug-likeness (QED) is 0.942. The highest BCUT2D eigenvalue weighted by molar-refractivity contribution is 7.16. The van der Waals surface area contributed by atoms with E-state index in [1.54, 1.807) is 18.3 Å². The van der Waals surface area contributed by atoms with E-state index in [-0.39, 0.29) is 5.91 Å². The van der Waals surface area contributed by atoms with Gasteiger partial charge in [-0.2, -0.15) is 0 Å². The van der Waals surface area contributed by atoms with Gasteiger partial charge in [-0.1, -0.05) is 29.5 Å². The first-order valence-electron chi connectivity index (χ1n) is 6.22. The average Bonchev–Trinajstić information content (AvgIpc) is 2.97. The highest BCUT2D eigenvalue weighted by Gasteiger charge is 2.13. The summed E-state index contributed by atoms with van der Waals surface area (Å²) in [5.74, 6) is -0.174. The van der Waals surface area contributed by atoms with Gasteiger partial charge in [-0.15, -0.1) is 10.2 Å². The van der Waals surface area contributed by atoms with Crippen LogP contribution in [0.3, 0.4) is 0 Å². The number of carbonyl (C=O) groups excluding carboxylic acids is 1. The number of rotatable bonds is 3. The Hall–Kier alpha value is -2.34. The van der Waals surface area contributed by atoms with Crippen molar-refractivity contribution in [2.75, 3.05) is 11.9 Å². The zero-order valence-electron chi connectivity index (χ0n) is 10.6. The van der Waals surface area contributed by atoms with Gasteiger partial charge in [-0.3, -0.25) is 15.1 Å². The van der Waals surface area contributed by atoms with Crippen molar-refractivity contribution in [3.8, 4) is 0 Å². The third-order valence-electron chi connectivity index (χ3n) is 2.85. The Kier molecular flexibility index (Phi) is 3.64. The number of aromatic nitrogens is 2. The van der Waals surface area contributed by atoms with E-state index in [9.17, 15) is 4.79 Å². The number of hydrogen-bond acceptors (Lipinski definition) is 5. The SMILES string of the molecule is O=C(Nc1nnc(C2=CC=NCC2)s1)c1ccccc1. The molecule has 1 N–H and O–H groups in total. The molecular formula is C14H12N4OS. The molecule has 1 amide bonds. The minimum Gasteiger partial charge on any atom is -0.296 e. The molecule has 5 nitrogen and oxygen atoms in total. The Labute approximate surface area is 120 Å². The van der Waals surface area contributed by atoms with E-state index in [1.807, 2.05) is 24.3 Å². The van der Waals surface area contributed by atoms with Crippen LogP contribution in [0.4, 0.5) is 5.13 Å². The molecule has 0 aliphatic carbocycles. The number of aliphatic imine (C=N–C) groups is 1. The van der Waals surface area contributed by atoms with Crippen LogP contribution in [0.5, 0.6) is 0 Å². The van der Waals surface area contributed by atoms with E-state index in [0.29, 0.717) is 10.7 Å². The minimum atomic E-state index is -0.174. The summed E-state index contributed by atoms with van der Waals surface area (Å²) in [5.41, 5.74) is 1.71. The first-order valence-corrected chi connectivity index (χ1v) is 7.04. The molecule has 3 rings (SSSR count). The van der Waals surface area contributed by atoms with Gasteiger partial charge in [0.05, 0.1) is 0 Å². The molecule has 0 radical (unpaired) electrons. The fourth-order valence-electron chi connectivity index (χ4n) is 1.83. The van der Waals surface area contributed by atoms with Gasteiger partial charge < -0.3 is 0 Å². The fraction of sp³-hybridized carbons (Fsp3) is 0.143. The summed E-state index contributed by atoms with van der Waals surface area (Å²) in [6.07, 6.45) is 4.58. The van der Waals surface area contributed by atoms with Crippen LogP contribution >= 0.6 is 11.3 Å². The number of anilines is 1. The second-order valence-corrected chi connectivity index (χ2v) is 5.21. The maximum Gasteiger partial charge on any atom is 0.257 e. The maximum absolute atomic E-state index is 12.0. The lowest BCUT2D eigenvalue weighted by Crippen LogP contribution is -2.11. The number of hydrogen-bond donors (Lipinski definition) is 1. The van der Waals surface area contributed by atoms with Crippen LogP contribution in [0, 0.1) is 0 Å². The third-order valence-corrected chi connectivity index (χ3v) is 3.76. The van der Waals surface area contributed by atoms with Crippen molar-refractivity contribution >= 4 is 34.2 Å². The van der Waals surface area contributed by atoms with E-state index < -0.39 is 0 Å². The number of nitrogens with zero attached hydrogens (tertiary/aromatic N) is 3. The summed E-state index contributed by atoms with van der Waals surface area (Å²) in [4.78, 5) is 16.1. The molecule has 1 aromatic heterocycles. The molecule has 0 fully saturated rings. The Balaban J connectivity index is 1.73. The van der Waals surface area contributed by atoms with E-state index >= 15 is 0 Å². The molecule has 6 heteroatoms. The molecule has 1 aliphatic heterocycles. The first kappa shape index (κ1) is 12.7. The Morgan fingerprint density at radius 2 is 2.05 bits per heavy atom. The lowest BCUT2D eigenvalue weighted by Gasteiger charge is -2.03. The van der Waals surface area contributed by atoms with E-state index in [4.69, 9.17) is 0 Å². The fourth-order valence-corrected chi connectivity index (χ4v) is 2.62. The van der Waals surface area contributed by atoms with Crippen LogP contribution < -0.4 is 5.32 Å². The van der Waals surface area contributed by atoms with Gasteiger partial charge in [-0.05, 0) is 30.2 Å². The van der Waals surface area contributed by atoms with Crippen molar-refractivity contribution in [1.82, 2.24) is 10.2 Å². The first-order chi connectivity index (χ1) is 9.83. The van der Waals surface area contributed by atoms with Crippen molar-refractivity contribution < 1.29 is 4.79 Å². The molecule has 2 aromatic rings. The second-order valence-electron chi connectivity index (χ2n) is 4.23. The highest BCUT2D eigenvalue weighted by atomic mass is 32.1. The lowest BCUT2D eigenvalue weighted by atomic mass is 10.1. The van der Waals surface area contributed by atoms with Gasteiger partial charge in [0.2, 0.25) is 5.13 Å². The Bertz CT molecular complexity index is 675. The van der Waals surface area contributed by atoms with Gasteiger partial charge >= 0.3 is 0 Å². The number of carbonyl (C=O) groups is 1. The average molecular weight is 284 g/mol. The van der Waals surface area contributed by atoms with Gasteiger partial charge in [0.15, 0.2) is 0 Å². The predicted octanol–water partition coefficient (Wildman–Crippen LogP) is 2.65. The standard InChI is InChI=1S/C14H12N4OS/c19-12(10-4-2-1-3-5-10)16-14-18-17-13(20-14)11-6-8-15-9-7-11/h1-6,8H,7,9H2,(H,16,18,19). The summed E-state index contributed by atoms with van der Waals surface area (Å²) >= 11 is 1.38. The van der Waals surface area contributed by atoms with Crippen LogP contribution in [0.2, 0.25) is 0 Å². The number of allylic oxidation sites excluding steroid dienone is 1. The Morgan fingerprint density at radius 1 is 1.20 bits per heavy atom. The zero-order chi connectivity index (χ0) is 13.8. The van der Waals surface area contributed by atoms with Gasteiger partial charge in [0, 0.05) is 18.3 Å². The second kappa shape index (κ2) is 5.75. The molecule has 100 valence electrons. The van der Waals surface area contributed by atoms with Gasteiger partial charge in [0.25, 0.3) is 5.91 Å². The van der Waals surface area contributed by atoms with Gasteiger partial charge in [-0.25, -0.2) is 0 Å². The van der Waals surface area contributed by atoms with E-state index in [2.05, 4.69) is 20.5 Å². The van der Waals surface area contributed by atoms with Crippen LogP contribution in [0.15, 0.2) is 41.4 Å². The molecule has 0 bridgehead atoms. The monoisotopic (exact) mass is 284 g/mol. The highest BCUT2D eigenvalue weighted by Crippen LogP contribution is 2.26. The summed E-state index contributed by atoms with van der Waals surface area (Å²) in [5, 5.41) is 12.2. The Morgan fingerprint density at radius 3 is 2.80 bits per heavy atom. The predicted molar refractivity (Wildman–Crippen MR) is 80.3 cm³/mol. The third kappa shape index (κ3) is 2.80. The molecule has 0 saturated heterocycles. The van der Waals surface area contributed by atoms with Crippen molar-refractivity contribution in [2.24, 2.45) is 4.99 Å². The van der Waals surface area contributed by atoms with Crippen molar-refractivity contribution in [3.63, 3.8) is 0 Å². The molecule has 2 heterocycles. The van der Waals surface area contributed by atoms with Gasteiger partial charge in [0.1, 0.15) is 5.01 Å². The van der Waals surface area contributed by atoms with Crippen molar-refractivity contribution in [3.05, 3.63) is 47.0 Å². The van der Waals surface area contributed by atoms with Crippen molar-refractivity contribution in [1.29, 1.82) is 0 Å². The molecule has 1 aromatic carbocycles. The molecule has 20 heavy (non-hydrogen) atoms. The summed E-state index contributed by atoms with van der Waals surface area (Å²) in [7, 11) is 0. The summed E-state index contributed by atoms with van der Waals surface area (Å²) in [6.45, 7) is 0.775.